The lowest BCUT2D eigenvalue weighted by atomic mass is 10.4. The van der Waals surface area contributed by atoms with Crippen LogP contribution in [0, 0.1) is 11.3 Å². The molecule has 1 saturated heterocycles. The predicted octanol–water partition coefficient (Wildman–Crippen LogP) is -0.663. The molecule has 1 aliphatic rings. The summed E-state index contributed by atoms with van der Waals surface area (Å²) in [6.45, 7) is 1.26. The van der Waals surface area contributed by atoms with Gasteiger partial charge in [0, 0.05) is 25.5 Å². The first-order valence-corrected chi connectivity index (χ1v) is 6.64. The lowest BCUT2D eigenvalue weighted by Gasteiger charge is -2.26. The molecular formula is C9H11N5O3S. The second-order valence-corrected chi connectivity index (χ2v) is 5.15. The van der Waals surface area contributed by atoms with Crippen LogP contribution >= 0.6 is 0 Å². The van der Waals surface area contributed by atoms with Crippen molar-refractivity contribution >= 4 is 16.0 Å². The van der Waals surface area contributed by atoms with E-state index in [1.165, 1.54) is 16.7 Å². The van der Waals surface area contributed by atoms with Crippen LogP contribution in [-0.4, -0.2) is 49.0 Å². The van der Waals surface area contributed by atoms with Gasteiger partial charge in [0.15, 0.2) is 11.5 Å². The first kappa shape index (κ1) is 12.7. The summed E-state index contributed by atoms with van der Waals surface area (Å²) in [5.74, 6) is -0.0634. The van der Waals surface area contributed by atoms with Gasteiger partial charge in [-0.15, -0.1) is 0 Å². The average Bonchev–Trinajstić information content (AvgIpc) is 2.40. The maximum atomic E-state index is 12.0. The van der Waals surface area contributed by atoms with E-state index in [4.69, 9.17) is 10.00 Å². The van der Waals surface area contributed by atoms with Crippen LogP contribution in [0.1, 0.15) is 5.69 Å². The number of rotatable bonds is 3. The van der Waals surface area contributed by atoms with Crippen molar-refractivity contribution in [1.82, 2.24) is 14.3 Å². The third-order valence-electron chi connectivity index (χ3n) is 2.34. The van der Waals surface area contributed by atoms with Crippen molar-refractivity contribution in [1.29, 1.82) is 5.26 Å². The van der Waals surface area contributed by atoms with E-state index in [2.05, 4.69) is 14.7 Å². The summed E-state index contributed by atoms with van der Waals surface area (Å²) in [4.78, 5) is 7.53. The lowest BCUT2D eigenvalue weighted by molar-refractivity contribution is 0.0733. The summed E-state index contributed by atoms with van der Waals surface area (Å²) < 4.78 is 32.6. The molecule has 9 heteroatoms. The van der Waals surface area contributed by atoms with E-state index in [1.54, 1.807) is 6.07 Å². The maximum absolute atomic E-state index is 12.0. The Hall–Kier alpha value is -1.76. The molecule has 18 heavy (non-hydrogen) atoms. The smallest absolute Gasteiger partial charge is 0.303 e. The van der Waals surface area contributed by atoms with Gasteiger partial charge in [0.2, 0.25) is 0 Å². The minimum absolute atomic E-state index is 0.0608. The number of hydrogen-bond donors (Lipinski definition) is 1. The number of ether oxygens (including phenoxy) is 1. The highest BCUT2D eigenvalue weighted by atomic mass is 32.2. The van der Waals surface area contributed by atoms with E-state index in [0.717, 1.165) is 0 Å². The van der Waals surface area contributed by atoms with Gasteiger partial charge in [-0.1, -0.05) is 0 Å². The molecular weight excluding hydrogens is 258 g/mol. The molecule has 0 spiro atoms. The van der Waals surface area contributed by atoms with Crippen LogP contribution in [0.2, 0.25) is 0 Å². The third-order valence-corrected chi connectivity index (χ3v) is 3.84. The van der Waals surface area contributed by atoms with Gasteiger partial charge in [0.1, 0.15) is 6.07 Å². The summed E-state index contributed by atoms with van der Waals surface area (Å²) >= 11 is 0. The lowest BCUT2D eigenvalue weighted by Crippen LogP contribution is -2.43. The maximum Gasteiger partial charge on any atom is 0.303 e. The second-order valence-electron chi connectivity index (χ2n) is 3.48. The summed E-state index contributed by atoms with van der Waals surface area (Å²) in [5.41, 5.74) is -0.0608. The first-order valence-electron chi connectivity index (χ1n) is 5.20. The second kappa shape index (κ2) is 5.26. The molecule has 0 atom stereocenters. The Morgan fingerprint density at radius 3 is 2.67 bits per heavy atom. The molecule has 1 N–H and O–H groups in total. The molecule has 96 valence electrons. The largest absolute Gasteiger partial charge is 0.379 e. The van der Waals surface area contributed by atoms with Crippen molar-refractivity contribution in [2.45, 2.75) is 0 Å². The van der Waals surface area contributed by atoms with Gasteiger partial charge >= 0.3 is 10.2 Å². The molecule has 0 aliphatic carbocycles. The molecule has 0 saturated carbocycles. The van der Waals surface area contributed by atoms with Crippen molar-refractivity contribution in [3.05, 3.63) is 18.1 Å². The summed E-state index contributed by atoms with van der Waals surface area (Å²) in [6.07, 6.45) is 2.64. The molecule has 8 nitrogen and oxygen atoms in total. The molecule has 2 rings (SSSR count). The van der Waals surface area contributed by atoms with E-state index < -0.39 is 10.2 Å². The average molecular weight is 269 g/mol. The number of nitrogens with one attached hydrogen (secondary N) is 1. The predicted molar refractivity (Wildman–Crippen MR) is 61.7 cm³/mol. The van der Waals surface area contributed by atoms with Gasteiger partial charge in [-0.25, -0.2) is 9.97 Å². The van der Waals surface area contributed by atoms with Gasteiger partial charge in [-0.2, -0.15) is 18.0 Å². The van der Waals surface area contributed by atoms with Crippen LogP contribution < -0.4 is 4.72 Å². The molecule has 0 bridgehead atoms. The molecule has 1 aromatic heterocycles. The monoisotopic (exact) mass is 269 g/mol. The summed E-state index contributed by atoms with van der Waals surface area (Å²) in [5, 5.41) is 8.80. The Kier molecular flexibility index (Phi) is 3.71. The van der Waals surface area contributed by atoms with Crippen LogP contribution in [0.4, 0.5) is 5.82 Å². The van der Waals surface area contributed by atoms with Gasteiger partial charge in [0.25, 0.3) is 0 Å². The Balaban J connectivity index is 2.19. The van der Waals surface area contributed by atoms with Crippen molar-refractivity contribution < 1.29 is 13.2 Å². The van der Waals surface area contributed by atoms with Crippen LogP contribution in [0.5, 0.6) is 0 Å². The molecule has 0 radical (unpaired) electrons. The van der Waals surface area contributed by atoms with Gasteiger partial charge in [-0.05, 0) is 0 Å². The van der Waals surface area contributed by atoms with E-state index in [1.807, 2.05) is 0 Å². The zero-order valence-corrected chi connectivity index (χ0v) is 10.2. The number of nitrogens with zero attached hydrogens (tertiary/aromatic N) is 4. The van der Waals surface area contributed by atoms with E-state index in [-0.39, 0.29) is 24.6 Å². The fraction of sp³-hybridized carbons (Fsp3) is 0.444. The fourth-order valence-electron chi connectivity index (χ4n) is 1.47. The molecule has 1 aromatic rings. The normalized spacial score (nSPS) is 17.1. The van der Waals surface area contributed by atoms with Crippen LogP contribution in [0.15, 0.2) is 12.4 Å². The van der Waals surface area contributed by atoms with Crippen LogP contribution in [-0.2, 0) is 14.9 Å². The highest BCUT2D eigenvalue weighted by Crippen LogP contribution is 2.12. The highest BCUT2D eigenvalue weighted by Gasteiger charge is 2.25. The van der Waals surface area contributed by atoms with Gasteiger partial charge in [0.05, 0.1) is 13.2 Å². The third kappa shape index (κ3) is 2.73. The Morgan fingerprint density at radius 1 is 1.33 bits per heavy atom. The minimum atomic E-state index is -3.72. The topological polar surface area (TPSA) is 108 Å². The van der Waals surface area contributed by atoms with Gasteiger partial charge < -0.3 is 4.74 Å². The molecule has 2 heterocycles. The molecule has 0 amide bonds. The SMILES string of the molecule is N#Cc1nccnc1NS(=O)(=O)N1CCOCC1. The standard InChI is InChI=1S/C9H11N5O3S/c10-7-8-9(12-2-1-11-8)13-18(15,16)14-3-5-17-6-4-14/h1-2H,3-6H2,(H,12,13). The Morgan fingerprint density at radius 2 is 2.00 bits per heavy atom. The number of morpholine rings is 1. The van der Waals surface area contributed by atoms with Crippen LogP contribution in [0.25, 0.3) is 0 Å². The highest BCUT2D eigenvalue weighted by molar-refractivity contribution is 7.90. The van der Waals surface area contributed by atoms with Crippen molar-refractivity contribution in [2.24, 2.45) is 0 Å². The van der Waals surface area contributed by atoms with E-state index in [9.17, 15) is 8.42 Å². The number of aromatic nitrogens is 2. The van der Waals surface area contributed by atoms with Gasteiger partial charge in [-0.3, -0.25) is 4.72 Å². The number of hydrogen-bond acceptors (Lipinski definition) is 6. The zero-order valence-electron chi connectivity index (χ0n) is 9.40. The van der Waals surface area contributed by atoms with E-state index in [0.29, 0.717) is 13.2 Å². The molecule has 0 unspecified atom stereocenters. The molecule has 0 aromatic carbocycles. The summed E-state index contributed by atoms with van der Waals surface area (Å²) in [6, 6.07) is 1.78. The number of anilines is 1. The quantitative estimate of drug-likeness (QED) is 0.780. The fourth-order valence-corrected chi connectivity index (χ4v) is 2.62. The zero-order chi connectivity index (χ0) is 13.0. The molecule has 1 aliphatic heterocycles. The molecule has 1 fully saturated rings. The van der Waals surface area contributed by atoms with Crippen molar-refractivity contribution in [2.75, 3.05) is 31.0 Å². The number of nitriles is 1. The minimum Gasteiger partial charge on any atom is -0.379 e. The first-order chi connectivity index (χ1) is 8.63. The summed E-state index contributed by atoms with van der Waals surface area (Å²) in [7, 11) is -3.72. The Bertz CT molecular complexity index is 562. The van der Waals surface area contributed by atoms with E-state index >= 15 is 0 Å². The van der Waals surface area contributed by atoms with Crippen molar-refractivity contribution in [3.63, 3.8) is 0 Å². The Labute approximate surface area is 104 Å². The van der Waals surface area contributed by atoms with Crippen LogP contribution in [0.3, 0.4) is 0 Å². The van der Waals surface area contributed by atoms with Crippen molar-refractivity contribution in [3.8, 4) is 6.07 Å².